The molecular formula is C16H18N6S. The fourth-order valence-electron chi connectivity index (χ4n) is 3.07. The van der Waals surface area contributed by atoms with Crippen LogP contribution in [0.2, 0.25) is 0 Å². The number of likely N-dealkylation sites (tertiary alicyclic amines) is 1. The Morgan fingerprint density at radius 1 is 1.26 bits per heavy atom. The predicted molar refractivity (Wildman–Crippen MR) is 88.5 cm³/mol. The Morgan fingerprint density at radius 2 is 2.26 bits per heavy atom. The van der Waals surface area contributed by atoms with Crippen molar-refractivity contribution in [2.45, 2.75) is 25.3 Å². The molecule has 118 valence electrons. The molecule has 4 heterocycles. The lowest BCUT2D eigenvalue weighted by molar-refractivity contribution is 0.196. The lowest BCUT2D eigenvalue weighted by Gasteiger charge is -2.31. The van der Waals surface area contributed by atoms with Gasteiger partial charge in [-0.05, 0) is 19.4 Å². The number of hydrogen-bond acceptors (Lipinski definition) is 6. The summed E-state index contributed by atoms with van der Waals surface area (Å²) in [6, 6.07) is 0. The van der Waals surface area contributed by atoms with Crippen LogP contribution in [0.25, 0.3) is 5.82 Å². The van der Waals surface area contributed by atoms with Crippen LogP contribution in [-0.2, 0) is 6.54 Å². The van der Waals surface area contributed by atoms with E-state index in [1.54, 1.807) is 30.1 Å². The van der Waals surface area contributed by atoms with Crippen molar-refractivity contribution in [3.8, 4) is 5.82 Å². The maximum atomic E-state index is 4.79. The molecule has 1 unspecified atom stereocenters. The van der Waals surface area contributed by atoms with Crippen LogP contribution in [0.3, 0.4) is 0 Å². The van der Waals surface area contributed by atoms with Crippen molar-refractivity contribution in [2.24, 2.45) is 0 Å². The second-order valence-corrected chi connectivity index (χ2v) is 6.54. The minimum absolute atomic E-state index is 0.429. The third-order valence-corrected chi connectivity index (χ3v) is 4.84. The first-order chi connectivity index (χ1) is 11.4. The molecule has 0 bridgehead atoms. The molecule has 0 spiro atoms. The van der Waals surface area contributed by atoms with E-state index in [0.717, 1.165) is 43.3 Å². The van der Waals surface area contributed by atoms with Gasteiger partial charge in [0.1, 0.15) is 6.33 Å². The normalized spacial score (nSPS) is 19.0. The van der Waals surface area contributed by atoms with E-state index < -0.39 is 0 Å². The van der Waals surface area contributed by atoms with Crippen molar-refractivity contribution in [2.75, 3.05) is 13.1 Å². The summed E-state index contributed by atoms with van der Waals surface area (Å²) in [7, 11) is 0. The predicted octanol–water partition coefficient (Wildman–Crippen LogP) is 2.50. The first kappa shape index (κ1) is 14.5. The van der Waals surface area contributed by atoms with E-state index in [4.69, 9.17) is 4.98 Å². The smallest absolute Gasteiger partial charge is 0.156 e. The molecule has 1 aliphatic heterocycles. The molecule has 1 saturated heterocycles. The second kappa shape index (κ2) is 6.55. The van der Waals surface area contributed by atoms with Crippen LogP contribution in [0.15, 0.2) is 42.0 Å². The fraction of sp³-hybridized carbons (Fsp3) is 0.375. The fourth-order valence-corrected chi connectivity index (χ4v) is 3.62. The molecule has 6 nitrogen and oxygen atoms in total. The average Bonchev–Trinajstić information content (AvgIpc) is 3.29. The number of aromatic nitrogens is 5. The van der Waals surface area contributed by atoms with Crippen molar-refractivity contribution in [1.82, 2.24) is 29.4 Å². The van der Waals surface area contributed by atoms with Gasteiger partial charge in [-0.2, -0.15) is 0 Å². The van der Waals surface area contributed by atoms with Gasteiger partial charge in [0.2, 0.25) is 0 Å². The van der Waals surface area contributed by atoms with Gasteiger partial charge in [-0.3, -0.25) is 14.5 Å². The zero-order valence-corrected chi connectivity index (χ0v) is 13.6. The third-order valence-electron chi connectivity index (χ3n) is 4.20. The Hall–Kier alpha value is -2.12. The van der Waals surface area contributed by atoms with E-state index in [2.05, 4.69) is 25.2 Å². The Balaban J connectivity index is 1.50. The van der Waals surface area contributed by atoms with Crippen molar-refractivity contribution in [1.29, 1.82) is 0 Å². The molecule has 1 fully saturated rings. The topological polar surface area (TPSA) is 59.7 Å². The molecule has 0 aliphatic carbocycles. The number of rotatable bonds is 4. The highest BCUT2D eigenvalue weighted by Crippen LogP contribution is 2.26. The summed E-state index contributed by atoms with van der Waals surface area (Å²) in [5.74, 6) is 1.26. The minimum atomic E-state index is 0.429. The van der Waals surface area contributed by atoms with Crippen LogP contribution in [0, 0.1) is 0 Å². The third kappa shape index (κ3) is 3.30. The molecule has 0 N–H and O–H groups in total. The van der Waals surface area contributed by atoms with Gasteiger partial charge in [0, 0.05) is 43.0 Å². The van der Waals surface area contributed by atoms with Gasteiger partial charge in [-0.1, -0.05) is 0 Å². The molecule has 0 saturated carbocycles. The summed E-state index contributed by atoms with van der Waals surface area (Å²) < 4.78 is 1.90. The molecule has 3 aromatic rings. The minimum Gasteiger partial charge on any atom is -0.297 e. The first-order valence-electron chi connectivity index (χ1n) is 7.78. The van der Waals surface area contributed by atoms with Crippen LogP contribution in [-0.4, -0.2) is 42.5 Å². The Bertz CT molecular complexity index is 740. The van der Waals surface area contributed by atoms with Crippen LogP contribution >= 0.6 is 11.3 Å². The first-order valence-corrected chi connectivity index (χ1v) is 8.72. The lowest BCUT2D eigenvalue weighted by Crippen LogP contribution is -2.34. The van der Waals surface area contributed by atoms with Gasteiger partial charge in [-0.25, -0.2) is 15.0 Å². The van der Waals surface area contributed by atoms with Gasteiger partial charge in [0.25, 0.3) is 0 Å². The number of nitrogens with zero attached hydrogens (tertiary/aromatic N) is 6. The number of thiazole rings is 1. The standard InChI is InChI=1S/C16H18N6S/c1-2-13(8-21(4-1)9-14-10-23-12-19-14)15-6-18-7-16(20-15)22-5-3-17-11-22/h3,5-7,10-13H,1-2,4,8-9H2. The van der Waals surface area contributed by atoms with Gasteiger partial charge >= 0.3 is 0 Å². The van der Waals surface area contributed by atoms with E-state index >= 15 is 0 Å². The van der Waals surface area contributed by atoms with E-state index in [0.29, 0.717) is 5.92 Å². The van der Waals surface area contributed by atoms with Crippen LogP contribution in [0.1, 0.15) is 30.1 Å². The quantitative estimate of drug-likeness (QED) is 0.737. The lowest BCUT2D eigenvalue weighted by atomic mass is 9.95. The molecule has 7 heteroatoms. The summed E-state index contributed by atoms with van der Waals surface area (Å²) in [6.07, 6.45) is 11.4. The average molecular weight is 326 g/mol. The number of hydrogen-bond donors (Lipinski definition) is 0. The highest BCUT2D eigenvalue weighted by molar-refractivity contribution is 7.07. The van der Waals surface area contributed by atoms with Crippen LogP contribution in [0.4, 0.5) is 0 Å². The Morgan fingerprint density at radius 3 is 3.09 bits per heavy atom. The zero-order chi connectivity index (χ0) is 15.5. The second-order valence-electron chi connectivity index (χ2n) is 5.83. The summed E-state index contributed by atoms with van der Waals surface area (Å²) in [6.45, 7) is 3.07. The summed E-state index contributed by atoms with van der Waals surface area (Å²) in [5.41, 5.74) is 4.13. The van der Waals surface area contributed by atoms with Crippen molar-refractivity contribution in [3.63, 3.8) is 0 Å². The van der Waals surface area contributed by atoms with Crippen LogP contribution < -0.4 is 0 Å². The van der Waals surface area contributed by atoms with Gasteiger partial charge in [-0.15, -0.1) is 11.3 Å². The Kier molecular flexibility index (Phi) is 4.12. The maximum Gasteiger partial charge on any atom is 0.156 e. The van der Waals surface area contributed by atoms with Crippen molar-refractivity contribution >= 4 is 11.3 Å². The van der Waals surface area contributed by atoms with Crippen molar-refractivity contribution < 1.29 is 0 Å². The molecule has 1 aliphatic rings. The van der Waals surface area contributed by atoms with E-state index in [9.17, 15) is 0 Å². The number of imidazole rings is 1. The number of piperidine rings is 1. The largest absolute Gasteiger partial charge is 0.297 e. The monoisotopic (exact) mass is 326 g/mol. The summed E-state index contributed by atoms with van der Waals surface area (Å²) in [4.78, 5) is 20.1. The molecule has 23 heavy (non-hydrogen) atoms. The molecule has 0 aromatic carbocycles. The molecule has 4 rings (SSSR count). The van der Waals surface area contributed by atoms with E-state index in [-0.39, 0.29) is 0 Å². The zero-order valence-electron chi connectivity index (χ0n) is 12.7. The molecule has 0 radical (unpaired) electrons. The van der Waals surface area contributed by atoms with Gasteiger partial charge in [0.05, 0.1) is 23.1 Å². The molecule has 1 atom stereocenters. The molecule has 0 amide bonds. The highest BCUT2D eigenvalue weighted by Gasteiger charge is 2.23. The highest BCUT2D eigenvalue weighted by atomic mass is 32.1. The van der Waals surface area contributed by atoms with E-state index in [1.165, 1.54) is 6.42 Å². The molecular weight excluding hydrogens is 308 g/mol. The Labute approximate surface area is 138 Å². The SMILES string of the molecule is c1cn(-c2cncc(C3CCCN(Cc4cscn4)C3)n2)cn1. The maximum absolute atomic E-state index is 4.79. The van der Waals surface area contributed by atoms with Gasteiger partial charge in [0.15, 0.2) is 5.82 Å². The summed E-state index contributed by atoms with van der Waals surface area (Å²) >= 11 is 1.66. The summed E-state index contributed by atoms with van der Waals surface area (Å²) in [5, 5.41) is 2.13. The van der Waals surface area contributed by atoms with E-state index in [1.807, 2.05) is 22.5 Å². The van der Waals surface area contributed by atoms with Gasteiger partial charge < -0.3 is 0 Å². The van der Waals surface area contributed by atoms with Crippen molar-refractivity contribution in [3.05, 3.63) is 53.4 Å². The molecule has 3 aromatic heterocycles. The van der Waals surface area contributed by atoms with Crippen LogP contribution in [0.5, 0.6) is 0 Å².